The fourth-order valence-electron chi connectivity index (χ4n) is 3.70. The number of nitrogens with zero attached hydrogens (tertiary/aromatic N) is 2. The molecule has 2 aliphatic rings. The molecule has 0 spiro atoms. The van der Waals surface area contributed by atoms with E-state index in [4.69, 9.17) is 11.6 Å². The average molecular weight is 514 g/mol. The van der Waals surface area contributed by atoms with Gasteiger partial charge in [-0.15, -0.1) is 0 Å². The molecule has 0 aromatic heterocycles. The molecule has 1 saturated heterocycles. The smallest absolute Gasteiger partial charge is 0.269 e. The second kappa shape index (κ2) is 11.4. The van der Waals surface area contributed by atoms with Gasteiger partial charge in [0, 0.05) is 41.3 Å². The third-order valence-electron chi connectivity index (χ3n) is 5.53. The number of thioether (sulfide) groups is 1. The maximum atomic E-state index is 12.5. The Balaban J connectivity index is 1.24. The first kappa shape index (κ1) is 24.7. The van der Waals surface area contributed by atoms with E-state index >= 15 is 0 Å². The molecule has 0 saturated carbocycles. The molecule has 3 N–H and O–H groups in total. The number of aliphatic imine (C=N–C) groups is 1. The third kappa shape index (κ3) is 6.61. The summed E-state index contributed by atoms with van der Waals surface area (Å²) in [5, 5.41) is 3.34. The van der Waals surface area contributed by atoms with E-state index in [1.807, 2.05) is 0 Å². The number of anilines is 1. The Morgan fingerprint density at radius 2 is 1.66 bits per heavy atom. The Bertz CT molecular complexity index is 1160. The molecule has 4 amide bonds. The Hall–Kier alpha value is -3.37. The number of piperidine rings is 1. The molecule has 2 heterocycles. The van der Waals surface area contributed by atoms with E-state index in [0.717, 1.165) is 25.9 Å². The second-order valence-corrected chi connectivity index (χ2v) is 9.74. The van der Waals surface area contributed by atoms with Gasteiger partial charge in [0.15, 0.2) is 5.17 Å². The minimum Gasteiger partial charge on any atom is -0.351 e. The van der Waals surface area contributed by atoms with E-state index in [1.54, 1.807) is 30.3 Å². The minimum atomic E-state index is -0.528. The van der Waals surface area contributed by atoms with E-state index in [1.165, 1.54) is 36.4 Å². The van der Waals surface area contributed by atoms with Crippen LogP contribution in [-0.4, -0.2) is 52.0 Å². The molecule has 35 heavy (non-hydrogen) atoms. The van der Waals surface area contributed by atoms with Crippen molar-refractivity contribution in [2.24, 2.45) is 4.99 Å². The maximum Gasteiger partial charge on any atom is 0.269 e. The van der Waals surface area contributed by atoms with Crippen molar-refractivity contribution in [1.29, 1.82) is 0 Å². The van der Waals surface area contributed by atoms with E-state index in [2.05, 4.69) is 26.1 Å². The van der Waals surface area contributed by atoms with Crippen molar-refractivity contribution < 1.29 is 19.2 Å². The van der Waals surface area contributed by atoms with Crippen molar-refractivity contribution in [1.82, 2.24) is 15.8 Å². The zero-order valence-electron chi connectivity index (χ0n) is 18.8. The lowest BCUT2D eigenvalue weighted by Crippen LogP contribution is -2.41. The fourth-order valence-corrected chi connectivity index (χ4v) is 5.01. The molecule has 0 unspecified atom stereocenters. The van der Waals surface area contributed by atoms with Crippen molar-refractivity contribution >= 4 is 57.8 Å². The third-order valence-corrected chi connectivity index (χ3v) is 6.98. The van der Waals surface area contributed by atoms with Gasteiger partial charge in [0.2, 0.25) is 5.91 Å². The molecule has 182 valence electrons. The van der Waals surface area contributed by atoms with Crippen molar-refractivity contribution in [2.75, 3.05) is 18.4 Å². The summed E-state index contributed by atoms with van der Waals surface area (Å²) >= 11 is 7.22. The topological polar surface area (TPSA) is 120 Å². The van der Waals surface area contributed by atoms with E-state index in [9.17, 15) is 19.2 Å². The van der Waals surface area contributed by atoms with Gasteiger partial charge in [-0.25, -0.2) is 0 Å². The summed E-state index contributed by atoms with van der Waals surface area (Å²) in [6, 6.07) is 12.5. The summed E-state index contributed by atoms with van der Waals surface area (Å²) < 4.78 is 0. The normalized spacial score (nSPS) is 17.5. The van der Waals surface area contributed by atoms with Crippen LogP contribution in [-0.2, 0) is 9.59 Å². The number of rotatable bonds is 5. The number of halogens is 1. The molecule has 1 atom stereocenters. The number of amidine groups is 1. The van der Waals surface area contributed by atoms with Gasteiger partial charge in [-0.2, -0.15) is 4.99 Å². The molecule has 2 aromatic carbocycles. The predicted octanol–water partition coefficient (Wildman–Crippen LogP) is 3.23. The lowest BCUT2D eigenvalue weighted by atomic mass is 10.1. The van der Waals surface area contributed by atoms with Crippen LogP contribution in [0, 0.1) is 0 Å². The molecule has 2 aliphatic heterocycles. The highest BCUT2D eigenvalue weighted by atomic mass is 35.5. The van der Waals surface area contributed by atoms with Gasteiger partial charge in [0.25, 0.3) is 17.7 Å². The number of amides is 4. The van der Waals surface area contributed by atoms with Crippen LogP contribution >= 0.6 is 23.4 Å². The SMILES string of the molecule is O=C(C[C@@H]1SC(N2CCCCC2)=NC1=O)Nc1ccc(C(=O)NNC(=O)c2cccc(Cl)c2)cc1. The summed E-state index contributed by atoms with van der Waals surface area (Å²) in [4.78, 5) is 55.4. The number of carbonyl (C=O) groups excluding carboxylic acids is 4. The predicted molar refractivity (Wildman–Crippen MR) is 135 cm³/mol. The van der Waals surface area contributed by atoms with Crippen molar-refractivity contribution in [2.45, 2.75) is 30.9 Å². The molecule has 0 aliphatic carbocycles. The van der Waals surface area contributed by atoms with Crippen molar-refractivity contribution in [3.8, 4) is 0 Å². The van der Waals surface area contributed by atoms with Gasteiger partial charge in [0.1, 0.15) is 5.25 Å². The Morgan fingerprint density at radius 1 is 0.971 bits per heavy atom. The summed E-state index contributed by atoms with van der Waals surface area (Å²) in [5.41, 5.74) is 5.75. The molecule has 0 bridgehead atoms. The van der Waals surface area contributed by atoms with E-state index in [-0.39, 0.29) is 23.8 Å². The Morgan fingerprint density at radius 3 is 2.34 bits per heavy atom. The number of hydrogen-bond acceptors (Lipinski definition) is 6. The molecule has 2 aromatic rings. The molecule has 4 rings (SSSR count). The van der Waals surface area contributed by atoms with Gasteiger partial charge in [-0.1, -0.05) is 29.4 Å². The number of hydrazine groups is 1. The first-order chi connectivity index (χ1) is 16.9. The van der Waals surface area contributed by atoms with Crippen LogP contribution in [0.2, 0.25) is 5.02 Å². The zero-order chi connectivity index (χ0) is 24.8. The highest BCUT2D eigenvalue weighted by Gasteiger charge is 2.33. The lowest BCUT2D eigenvalue weighted by Gasteiger charge is -2.27. The first-order valence-corrected chi connectivity index (χ1v) is 12.4. The number of carbonyl (C=O) groups is 4. The van der Waals surface area contributed by atoms with Gasteiger partial charge in [-0.05, 0) is 61.7 Å². The molecular formula is C24H24ClN5O4S. The van der Waals surface area contributed by atoms with Crippen molar-refractivity contribution in [3.05, 3.63) is 64.7 Å². The monoisotopic (exact) mass is 513 g/mol. The van der Waals surface area contributed by atoms with Gasteiger partial charge in [0.05, 0.1) is 0 Å². The largest absolute Gasteiger partial charge is 0.351 e. The quantitative estimate of drug-likeness (QED) is 0.528. The van der Waals surface area contributed by atoms with Crippen molar-refractivity contribution in [3.63, 3.8) is 0 Å². The van der Waals surface area contributed by atoms with Crippen LogP contribution in [0.4, 0.5) is 5.69 Å². The fraction of sp³-hybridized carbons (Fsp3) is 0.292. The van der Waals surface area contributed by atoms with E-state index < -0.39 is 17.1 Å². The van der Waals surface area contributed by atoms with Crippen LogP contribution in [0.25, 0.3) is 0 Å². The van der Waals surface area contributed by atoms with E-state index in [0.29, 0.717) is 21.4 Å². The van der Waals surface area contributed by atoms with Crippen LogP contribution in [0.15, 0.2) is 53.5 Å². The van der Waals surface area contributed by atoms with Gasteiger partial charge in [-0.3, -0.25) is 30.0 Å². The zero-order valence-corrected chi connectivity index (χ0v) is 20.3. The van der Waals surface area contributed by atoms with Gasteiger partial charge >= 0.3 is 0 Å². The summed E-state index contributed by atoms with van der Waals surface area (Å²) in [7, 11) is 0. The highest BCUT2D eigenvalue weighted by Crippen LogP contribution is 2.29. The number of nitrogens with one attached hydrogen (secondary N) is 3. The summed E-state index contributed by atoms with van der Waals surface area (Å²) in [6.07, 6.45) is 3.37. The second-order valence-electron chi connectivity index (χ2n) is 8.14. The standard InChI is InChI=1S/C24H24ClN5O4S/c25-17-6-4-5-16(13-17)22(33)29-28-21(32)15-7-9-18(10-8-15)26-20(31)14-19-23(34)27-24(35-19)30-11-2-1-3-12-30/h4-10,13,19H,1-3,11-12,14H2,(H,26,31)(H,28,32)(H,29,33)/t19-/m0/s1. The maximum absolute atomic E-state index is 12.5. The highest BCUT2D eigenvalue weighted by molar-refractivity contribution is 8.15. The van der Waals surface area contributed by atoms with Crippen LogP contribution < -0.4 is 16.2 Å². The van der Waals surface area contributed by atoms with Crippen LogP contribution in [0.1, 0.15) is 46.4 Å². The average Bonchev–Trinajstić information content (AvgIpc) is 3.23. The molecule has 0 radical (unpaired) electrons. The molecular weight excluding hydrogens is 490 g/mol. The number of hydrogen-bond donors (Lipinski definition) is 3. The minimum absolute atomic E-state index is 0.0160. The Labute approximate surface area is 211 Å². The molecule has 11 heteroatoms. The van der Waals surface area contributed by atoms with Gasteiger partial charge < -0.3 is 10.2 Å². The van der Waals surface area contributed by atoms with Crippen LogP contribution in [0.3, 0.4) is 0 Å². The number of likely N-dealkylation sites (tertiary alicyclic amines) is 1. The van der Waals surface area contributed by atoms with Crippen LogP contribution in [0.5, 0.6) is 0 Å². The summed E-state index contributed by atoms with van der Waals surface area (Å²) in [6.45, 7) is 1.78. The lowest BCUT2D eigenvalue weighted by molar-refractivity contribution is -0.121. The molecule has 1 fully saturated rings. The summed E-state index contributed by atoms with van der Waals surface area (Å²) in [5.74, 6) is -1.61. The first-order valence-electron chi connectivity index (χ1n) is 11.2. The molecule has 9 nitrogen and oxygen atoms in total. The Kier molecular flexibility index (Phi) is 8.04. The number of benzene rings is 2.